The van der Waals surface area contributed by atoms with Crippen LogP contribution < -0.4 is 5.32 Å². The van der Waals surface area contributed by atoms with Crippen molar-refractivity contribution in [3.05, 3.63) is 36.3 Å². The molecule has 3 rings (SSSR count). The third-order valence-corrected chi connectivity index (χ3v) is 5.38. The molecule has 1 saturated carbocycles. The monoisotopic (exact) mass is 302 g/mol. The maximum atomic E-state index is 4.20. The van der Waals surface area contributed by atoms with Crippen molar-refractivity contribution in [3.8, 4) is 11.3 Å². The van der Waals surface area contributed by atoms with Gasteiger partial charge in [-0.25, -0.2) is 0 Å². The van der Waals surface area contributed by atoms with Gasteiger partial charge in [-0.2, -0.15) is 16.9 Å². The molecular weight excluding hydrogens is 280 g/mol. The maximum Gasteiger partial charge on any atom is 0.0710 e. The van der Waals surface area contributed by atoms with Crippen LogP contribution >= 0.6 is 11.8 Å². The smallest absolute Gasteiger partial charge is 0.0710 e. The Hall–Kier alpha value is -1.33. The van der Waals surface area contributed by atoms with Crippen molar-refractivity contribution in [2.24, 2.45) is 0 Å². The largest absolute Gasteiger partial charge is 0.309 e. The van der Waals surface area contributed by atoms with Crippen molar-refractivity contribution >= 4 is 11.8 Å². The van der Waals surface area contributed by atoms with Gasteiger partial charge in [-0.05, 0) is 30.7 Å². The molecule has 21 heavy (non-hydrogen) atoms. The van der Waals surface area contributed by atoms with E-state index >= 15 is 0 Å². The van der Waals surface area contributed by atoms with Gasteiger partial charge >= 0.3 is 0 Å². The topological polar surface area (TPSA) is 53.6 Å². The van der Waals surface area contributed by atoms with E-state index in [1.54, 1.807) is 6.20 Å². The molecule has 5 heteroatoms. The van der Waals surface area contributed by atoms with Crippen LogP contribution in [0.3, 0.4) is 0 Å². The van der Waals surface area contributed by atoms with Crippen molar-refractivity contribution in [3.63, 3.8) is 0 Å². The highest BCUT2D eigenvalue weighted by Crippen LogP contribution is 2.30. The molecule has 1 aliphatic rings. The van der Waals surface area contributed by atoms with Gasteiger partial charge in [-0.1, -0.05) is 13.3 Å². The van der Waals surface area contributed by atoms with E-state index in [1.807, 2.05) is 18.5 Å². The van der Waals surface area contributed by atoms with Crippen molar-refractivity contribution in [1.82, 2.24) is 20.5 Å². The van der Waals surface area contributed by atoms with Crippen LogP contribution in [0.1, 0.15) is 31.7 Å². The number of pyridine rings is 1. The Morgan fingerprint density at radius 1 is 1.38 bits per heavy atom. The molecule has 1 aliphatic carbocycles. The molecule has 0 amide bonds. The standard InChI is InChI=1S/C16H22N4S/c1-2-21-15-7-3-6-14(15)18-10-13-11-19-20-16(13)12-5-4-8-17-9-12/h4-5,8-9,11,14-15,18H,2-3,6-7,10H2,1H3,(H,19,20). The minimum absolute atomic E-state index is 0.631. The van der Waals surface area contributed by atoms with E-state index in [1.165, 1.54) is 30.6 Å². The van der Waals surface area contributed by atoms with Crippen LogP contribution in [0.4, 0.5) is 0 Å². The van der Waals surface area contributed by atoms with Crippen LogP contribution in [-0.4, -0.2) is 32.2 Å². The fourth-order valence-corrected chi connectivity index (χ4v) is 4.25. The molecule has 2 atom stereocenters. The van der Waals surface area contributed by atoms with Gasteiger partial charge in [0.05, 0.1) is 11.9 Å². The Balaban J connectivity index is 1.65. The van der Waals surface area contributed by atoms with Crippen molar-refractivity contribution in [2.75, 3.05) is 5.75 Å². The maximum absolute atomic E-state index is 4.20. The lowest BCUT2D eigenvalue weighted by Gasteiger charge is -2.20. The molecule has 2 aromatic rings. The van der Waals surface area contributed by atoms with Gasteiger partial charge in [-0.15, -0.1) is 0 Å². The molecule has 0 aromatic carbocycles. The highest BCUT2D eigenvalue weighted by atomic mass is 32.2. The molecule has 0 saturated heterocycles. The Labute approximate surface area is 130 Å². The minimum atomic E-state index is 0.631. The number of rotatable bonds is 6. The van der Waals surface area contributed by atoms with Crippen LogP contribution in [0.15, 0.2) is 30.7 Å². The van der Waals surface area contributed by atoms with Crippen LogP contribution in [0.5, 0.6) is 0 Å². The fourth-order valence-electron chi connectivity index (χ4n) is 3.02. The third-order valence-electron chi connectivity index (χ3n) is 4.06. The molecule has 0 spiro atoms. The second-order valence-electron chi connectivity index (χ2n) is 5.42. The third kappa shape index (κ3) is 3.47. The first kappa shape index (κ1) is 14.6. The molecule has 0 radical (unpaired) electrons. The molecule has 0 bridgehead atoms. The summed E-state index contributed by atoms with van der Waals surface area (Å²) in [7, 11) is 0. The van der Waals surface area contributed by atoms with E-state index in [0.29, 0.717) is 6.04 Å². The van der Waals surface area contributed by atoms with Crippen molar-refractivity contribution in [1.29, 1.82) is 0 Å². The Morgan fingerprint density at radius 3 is 3.14 bits per heavy atom. The number of hydrogen-bond donors (Lipinski definition) is 2. The number of nitrogens with zero attached hydrogens (tertiary/aromatic N) is 2. The second-order valence-corrected chi connectivity index (χ2v) is 6.94. The summed E-state index contributed by atoms with van der Waals surface area (Å²) >= 11 is 2.09. The molecule has 2 aromatic heterocycles. The number of aromatic nitrogens is 3. The highest BCUT2D eigenvalue weighted by Gasteiger charge is 2.26. The van der Waals surface area contributed by atoms with E-state index in [9.17, 15) is 0 Å². The zero-order chi connectivity index (χ0) is 14.5. The highest BCUT2D eigenvalue weighted by molar-refractivity contribution is 7.99. The van der Waals surface area contributed by atoms with E-state index in [4.69, 9.17) is 0 Å². The minimum Gasteiger partial charge on any atom is -0.309 e. The van der Waals surface area contributed by atoms with E-state index < -0.39 is 0 Å². The first-order valence-electron chi connectivity index (χ1n) is 7.66. The summed E-state index contributed by atoms with van der Waals surface area (Å²) in [5.74, 6) is 1.20. The van der Waals surface area contributed by atoms with Gasteiger partial charge in [0.25, 0.3) is 0 Å². The van der Waals surface area contributed by atoms with Crippen molar-refractivity contribution < 1.29 is 0 Å². The first-order chi connectivity index (χ1) is 10.4. The molecule has 1 fully saturated rings. The van der Waals surface area contributed by atoms with E-state index in [0.717, 1.165) is 23.1 Å². The van der Waals surface area contributed by atoms with Crippen LogP contribution in [0.2, 0.25) is 0 Å². The lowest BCUT2D eigenvalue weighted by molar-refractivity contribution is 0.532. The van der Waals surface area contributed by atoms with Gasteiger partial charge in [-0.3, -0.25) is 10.1 Å². The quantitative estimate of drug-likeness (QED) is 0.860. The summed E-state index contributed by atoms with van der Waals surface area (Å²) < 4.78 is 0. The first-order valence-corrected chi connectivity index (χ1v) is 8.71. The predicted molar refractivity (Wildman–Crippen MR) is 88.2 cm³/mol. The molecule has 2 N–H and O–H groups in total. The summed E-state index contributed by atoms with van der Waals surface area (Å²) in [6, 6.07) is 4.65. The normalized spacial score (nSPS) is 21.8. The summed E-state index contributed by atoms with van der Waals surface area (Å²) in [5, 5.41) is 11.8. The Morgan fingerprint density at radius 2 is 2.33 bits per heavy atom. The fraction of sp³-hybridized carbons (Fsp3) is 0.500. The number of hydrogen-bond acceptors (Lipinski definition) is 4. The van der Waals surface area contributed by atoms with E-state index in [-0.39, 0.29) is 0 Å². The summed E-state index contributed by atoms with van der Waals surface area (Å²) in [6.07, 6.45) is 9.57. The van der Waals surface area contributed by atoms with Gasteiger partial charge in [0.15, 0.2) is 0 Å². The lowest BCUT2D eigenvalue weighted by atomic mass is 10.1. The average molecular weight is 302 g/mol. The van der Waals surface area contributed by atoms with E-state index in [2.05, 4.69) is 45.3 Å². The Kier molecular flexibility index (Phi) is 4.93. The van der Waals surface area contributed by atoms with Crippen molar-refractivity contribution in [2.45, 2.75) is 44.0 Å². The van der Waals surface area contributed by atoms with Crippen LogP contribution in [-0.2, 0) is 6.54 Å². The number of H-pyrrole nitrogens is 1. The zero-order valence-electron chi connectivity index (χ0n) is 12.4. The second kappa shape index (κ2) is 7.09. The van der Waals surface area contributed by atoms with Crippen LogP contribution in [0, 0.1) is 0 Å². The number of aromatic amines is 1. The predicted octanol–water partition coefficient (Wildman–Crippen LogP) is 3.24. The van der Waals surface area contributed by atoms with Gasteiger partial charge in [0.2, 0.25) is 0 Å². The molecule has 0 aliphatic heterocycles. The van der Waals surface area contributed by atoms with Gasteiger partial charge in [0.1, 0.15) is 0 Å². The van der Waals surface area contributed by atoms with Crippen LogP contribution in [0.25, 0.3) is 11.3 Å². The average Bonchev–Trinajstić information content (AvgIpc) is 3.15. The Bertz CT molecular complexity index is 554. The SMILES string of the molecule is CCSC1CCCC1NCc1cn[nH]c1-c1cccnc1. The summed E-state index contributed by atoms with van der Waals surface area (Å²) in [5.41, 5.74) is 3.39. The molecule has 112 valence electrons. The van der Waals surface area contributed by atoms with Gasteiger partial charge in [0, 0.05) is 41.4 Å². The molecule has 2 heterocycles. The number of thioether (sulfide) groups is 1. The molecular formula is C16H22N4S. The number of nitrogens with one attached hydrogen (secondary N) is 2. The van der Waals surface area contributed by atoms with Gasteiger partial charge < -0.3 is 5.32 Å². The lowest BCUT2D eigenvalue weighted by Crippen LogP contribution is -2.33. The zero-order valence-corrected chi connectivity index (χ0v) is 13.2. The molecule has 2 unspecified atom stereocenters. The summed E-state index contributed by atoms with van der Waals surface area (Å²) in [6.45, 7) is 3.11. The summed E-state index contributed by atoms with van der Waals surface area (Å²) in [4.78, 5) is 4.18. The molecule has 4 nitrogen and oxygen atoms in total.